The molecule has 1 spiro atoms. The van der Waals surface area contributed by atoms with Crippen LogP contribution in [-0.2, 0) is 5.41 Å². The fourth-order valence-corrected chi connectivity index (χ4v) is 9.69. The van der Waals surface area contributed by atoms with Gasteiger partial charge in [-0.15, -0.1) is 0 Å². The molecule has 1 unspecified atom stereocenters. The molecular formula is C51H30O. The van der Waals surface area contributed by atoms with Gasteiger partial charge < -0.3 is 4.74 Å². The monoisotopic (exact) mass is 658 g/mol. The first-order chi connectivity index (χ1) is 25.8. The third-order valence-corrected chi connectivity index (χ3v) is 11.9. The van der Waals surface area contributed by atoms with E-state index >= 15 is 0 Å². The maximum absolute atomic E-state index is 6.38. The summed E-state index contributed by atoms with van der Waals surface area (Å²) in [7, 11) is 0. The highest BCUT2D eigenvalue weighted by molar-refractivity contribution is 6.07. The zero-order chi connectivity index (χ0) is 34.0. The van der Waals surface area contributed by atoms with Crippen LogP contribution < -0.4 is 4.74 Å². The quantitative estimate of drug-likeness (QED) is 0.180. The van der Waals surface area contributed by atoms with Gasteiger partial charge in [-0.05, 0) is 113 Å². The number of fused-ring (bicyclic) bond motifs is 14. The summed E-state index contributed by atoms with van der Waals surface area (Å²) in [5.41, 5.74) is 17.6. The van der Waals surface area contributed by atoms with E-state index in [1.54, 1.807) is 0 Å². The fraction of sp³-hybridized carbons (Fsp3) is 0.0196. The van der Waals surface area contributed by atoms with Crippen molar-refractivity contribution in [3.8, 4) is 67.1 Å². The van der Waals surface area contributed by atoms with E-state index in [1.807, 2.05) is 0 Å². The Morgan fingerprint density at radius 1 is 0.327 bits per heavy atom. The summed E-state index contributed by atoms with van der Waals surface area (Å²) in [5, 5.41) is 4.98. The maximum atomic E-state index is 6.38. The lowest BCUT2D eigenvalue weighted by atomic mass is 9.70. The van der Waals surface area contributed by atoms with Crippen LogP contribution in [0.5, 0.6) is 11.5 Å². The average molecular weight is 659 g/mol. The van der Waals surface area contributed by atoms with Crippen LogP contribution in [0.25, 0.3) is 77.2 Å². The number of hydrogen-bond acceptors (Lipinski definition) is 1. The van der Waals surface area contributed by atoms with Crippen LogP contribution in [0.4, 0.5) is 0 Å². The molecule has 9 aromatic rings. The highest BCUT2D eigenvalue weighted by Gasteiger charge is 2.52. The van der Waals surface area contributed by atoms with Crippen molar-refractivity contribution >= 4 is 21.5 Å². The minimum absolute atomic E-state index is 0.384. The largest absolute Gasteiger partial charge is 0.456 e. The van der Waals surface area contributed by atoms with Gasteiger partial charge >= 0.3 is 0 Å². The Morgan fingerprint density at radius 3 is 1.79 bits per heavy atom. The average Bonchev–Trinajstić information content (AvgIpc) is 3.68. The molecule has 1 atom stereocenters. The summed E-state index contributed by atoms with van der Waals surface area (Å²) in [6.45, 7) is 0. The van der Waals surface area contributed by atoms with Gasteiger partial charge in [0.15, 0.2) is 0 Å². The topological polar surface area (TPSA) is 9.23 Å². The van der Waals surface area contributed by atoms with Crippen molar-refractivity contribution in [2.75, 3.05) is 0 Å². The normalized spacial score (nSPS) is 15.5. The molecule has 12 rings (SSSR count). The second kappa shape index (κ2) is 10.2. The van der Waals surface area contributed by atoms with Crippen molar-refractivity contribution in [3.05, 3.63) is 204 Å². The van der Waals surface area contributed by atoms with Gasteiger partial charge in [0.1, 0.15) is 11.5 Å². The Bertz CT molecular complexity index is 2980. The van der Waals surface area contributed by atoms with Gasteiger partial charge in [-0.25, -0.2) is 0 Å². The number of ether oxygens (including phenoxy) is 1. The first kappa shape index (κ1) is 28.0. The zero-order valence-corrected chi connectivity index (χ0v) is 28.2. The molecule has 0 fully saturated rings. The highest BCUT2D eigenvalue weighted by Crippen LogP contribution is 2.64. The molecule has 1 aliphatic heterocycles. The lowest BCUT2D eigenvalue weighted by molar-refractivity contribution is 0.487. The van der Waals surface area contributed by atoms with Gasteiger partial charge in [-0.2, -0.15) is 0 Å². The highest BCUT2D eigenvalue weighted by atomic mass is 16.5. The van der Waals surface area contributed by atoms with Crippen molar-refractivity contribution in [2.45, 2.75) is 5.41 Å². The van der Waals surface area contributed by atoms with Gasteiger partial charge in [-0.1, -0.05) is 158 Å². The van der Waals surface area contributed by atoms with Gasteiger partial charge in [0, 0.05) is 10.9 Å². The Morgan fingerprint density at radius 2 is 0.942 bits per heavy atom. The number of benzene rings is 9. The van der Waals surface area contributed by atoms with Crippen LogP contribution in [0.2, 0.25) is 0 Å². The van der Waals surface area contributed by atoms with E-state index in [2.05, 4.69) is 182 Å². The Balaban J connectivity index is 1.00. The predicted octanol–water partition coefficient (Wildman–Crippen LogP) is 13.4. The molecule has 1 heteroatoms. The summed E-state index contributed by atoms with van der Waals surface area (Å²) < 4.78 is 6.38. The van der Waals surface area contributed by atoms with E-state index in [1.165, 1.54) is 93.9 Å². The van der Waals surface area contributed by atoms with Crippen LogP contribution in [-0.4, -0.2) is 0 Å². The van der Waals surface area contributed by atoms with Crippen molar-refractivity contribution in [1.82, 2.24) is 0 Å². The van der Waals surface area contributed by atoms with Gasteiger partial charge in [0.05, 0.1) is 5.41 Å². The second-order valence-electron chi connectivity index (χ2n) is 14.4. The van der Waals surface area contributed by atoms with Crippen molar-refractivity contribution in [2.24, 2.45) is 0 Å². The third kappa shape index (κ3) is 3.57. The first-order valence-electron chi connectivity index (χ1n) is 18.1. The van der Waals surface area contributed by atoms with E-state index in [9.17, 15) is 0 Å². The molecule has 2 aliphatic carbocycles. The van der Waals surface area contributed by atoms with Crippen LogP contribution in [0.1, 0.15) is 22.3 Å². The lowest BCUT2D eigenvalue weighted by Crippen LogP contribution is -2.25. The molecule has 0 bridgehead atoms. The molecule has 0 N–H and O–H groups in total. The summed E-state index contributed by atoms with van der Waals surface area (Å²) in [6.07, 6.45) is 0. The Hall–Kier alpha value is -6.70. The minimum atomic E-state index is -0.384. The fourth-order valence-electron chi connectivity index (χ4n) is 9.69. The molecule has 1 nitrogen and oxygen atoms in total. The van der Waals surface area contributed by atoms with Crippen LogP contribution in [0.3, 0.4) is 0 Å². The summed E-state index contributed by atoms with van der Waals surface area (Å²) >= 11 is 0. The van der Waals surface area contributed by atoms with Gasteiger partial charge in [0.25, 0.3) is 0 Å². The van der Waals surface area contributed by atoms with Crippen molar-refractivity contribution in [1.29, 1.82) is 0 Å². The van der Waals surface area contributed by atoms with E-state index in [0.717, 1.165) is 17.1 Å². The van der Waals surface area contributed by atoms with Crippen LogP contribution >= 0.6 is 0 Å². The molecule has 1 heterocycles. The molecule has 3 aliphatic rings. The smallest absolute Gasteiger partial charge is 0.135 e. The maximum Gasteiger partial charge on any atom is 0.135 e. The SMILES string of the molecule is c1ccc2c(c1)-c1ccc(-c3ccc(-c4ccc5c(c4)-c4cccc6cccc(c46)O5)cc3)cc1C21c2ccccc2-c2c1ccc1ccccc21. The molecule has 52 heavy (non-hydrogen) atoms. The number of rotatable bonds is 2. The Labute approximate surface area is 302 Å². The zero-order valence-electron chi connectivity index (χ0n) is 28.2. The third-order valence-electron chi connectivity index (χ3n) is 11.9. The van der Waals surface area contributed by atoms with E-state index in [4.69, 9.17) is 4.74 Å². The standard InChI is InChI=1S/C51H30O/c1-2-12-37-33(9-1)24-27-45-50(37)41-14-4-6-17-44(41)51(45)43-16-5-3-13-38(43)39-26-23-36(30-46(39)51)32-21-19-31(20-22-32)35-25-28-47-42(29-35)40-15-7-10-34-11-8-18-48(52-47)49(34)40/h1-30H. The molecule has 0 radical (unpaired) electrons. The molecule has 0 saturated heterocycles. The Kier molecular flexibility index (Phi) is 5.49. The summed E-state index contributed by atoms with van der Waals surface area (Å²) in [5.74, 6) is 1.83. The molecule has 0 aromatic heterocycles. The second-order valence-corrected chi connectivity index (χ2v) is 14.4. The van der Waals surface area contributed by atoms with Gasteiger partial charge in [0.2, 0.25) is 0 Å². The molecule has 0 saturated carbocycles. The van der Waals surface area contributed by atoms with Gasteiger partial charge in [-0.3, -0.25) is 0 Å². The van der Waals surface area contributed by atoms with E-state index < -0.39 is 0 Å². The molecular weight excluding hydrogens is 629 g/mol. The predicted molar refractivity (Wildman–Crippen MR) is 214 cm³/mol. The molecule has 9 aromatic carbocycles. The van der Waals surface area contributed by atoms with Crippen molar-refractivity contribution in [3.63, 3.8) is 0 Å². The van der Waals surface area contributed by atoms with E-state index in [0.29, 0.717) is 0 Å². The lowest BCUT2D eigenvalue weighted by Gasteiger charge is -2.31. The van der Waals surface area contributed by atoms with Crippen LogP contribution in [0, 0.1) is 0 Å². The number of hydrogen-bond donors (Lipinski definition) is 0. The minimum Gasteiger partial charge on any atom is -0.456 e. The summed E-state index contributed by atoms with van der Waals surface area (Å²) in [6, 6.07) is 67.3. The van der Waals surface area contributed by atoms with E-state index in [-0.39, 0.29) is 5.41 Å². The first-order valence-corrected chi connectivity index (χ1v) is 18.1. The molecule has 0 amide bonds. The van der Waals surface area contributed by atoms with Crippen LogP contribution in [0.15, 0.2) is 182 Å². The summed E-state index contributed by atoms with van der Waals surface area (Å²) in [4.78, 5) is 0. The molecule has 240 valence electrons. The van der Waals surface area contributed by atoms with Crippen molar-refractivity contribution < 1.29 is 4.74 Å².